The number of ether oxygens (including phenoxy) is 1. The molecule has 0 saturated carbocycles. The largest absolute Gasteiger partial charge is 0.495 e. The van der Waals surface area contributed by atoms with Crippen LogP contribution in [-0.4, -0.2) is 50.0 Å². The van der Waals surface area contributed by atoms with Gasteiger partial charge in [-0.2, -0.15) is 0 Å². The van der Waals surface area contributed by atoms with Crippen LogP contribution in [0.15, 0.2) is 24.3 Å². The van der Waals surface area contributed by atoms with Crippen LogP contribution in [-0.2, 0) is 9.59 Å². The lowest BCUT2D eigenvalue weighted by molar-refractivity contribution is -0.126. The van der Waals surface area contributed by atoms with E-state index >= 15 is 0 Å². The van der Waals surface area contributed by atoms with Gasteiger partial charge in [0.25, 0.3) is 0 Å². The Morgan fingerprint density at radius 2 is 1.92 bits per heavy atom. The summed E-state index contributed by atoms with van der Waals surface area (Å²) < 4.78 is 5.25. The number of benzene rings is 1. The fourth-order valence-corrected chi connectivity index (χ4v) is 3.22. The van der Waals surface area contributed by atoms with Crippen molar-refractivity contribution < 1.29 is 14.3 Å². The minimum atomic E-state index is -0.0584. The van der Waals surface area contributed by atoms with E-state index < -0.39 is 0 Å². The highest BCUT2D eigenvalue weighted by molar-refractivity contribution is 5.93. The summed E-state index contributed by atoms with van der Waals surface area (Å²) in [6.07, 6.45) is 4.97. The second kappa shape index (κ2) is 10.8. The van der Waals surface area contributed by atoms with Crippen molar-refractivity contribution in [2.75, 3.05) is 38.6 Å². The smallest absolute Gasteiger partial charge is 0.238 e. The first-order chi connectivity index (χ1) is 12.6. The summed E-state index contributed by atoms with van der Waals surface area (Å²) in [7, 11) is 1.59. The molecule has 1 saturated heterocycles. The lowest BCUT2D eigenvalue weighted by Crippen LogP contribution is -2.43. The topological polar surface area (TPSA) is 70.7 Å². The van der Waals surface area contributed by atoms with Gasteiger partial charge in [0.2, 0.25) is 11.8 Å². The summed E-state index contributed by atoms with van der Waals surface area (Å²) in [5.74, 6) is 0.834. The third kappa shape index (κ3) is 6.33. The molecule has 1 aliphatic rings. The molecule has 2 N–H and O–H groups in total. The molecular formula is C20H31N3O3. The van der Waals surface area contributed by atoms with E-state index in [1.807, 2.05) is 24.3 Å². The highest BCUT2D eigenvalue weighted by atomic mass is 16.5. The zero-order valence-corrected chi connectivity index (χ0v) is 15.9. The average molecular weight is 361 g/mol. The Bertz CT molecular complexity index is 583. The zero-order chi connectivity index (χ0) is 18.8. The van der Waals surface area contributed by atoms with Gasteiger partial charge in [-0.05, 0) is 44.5 Å². The molecule has 26 heavy (non-hydrogen) atoms. The van der Waals surface area contributed by atoms with E-state index in [-0.39, 0.29) is 17.7 Å². The van der Waals surface area contributed by atoms with E-state index in [1.165, 1.54) is 0 Å². The molecule has 6 nitrogen and oxygen atoms in total. The van der Waals surface area contributed by atoms with Crippen molar-refractivity contribution in [1.29, 1.82) is 0 Å². The van der Waals surface area contributed by atoms with Crippen molar-refractivity contribution in [3.63, 3.8) is 0 Å². The van der Waals surface area contributed by atoms with Gasteiger partial charge >= 0.3 is 0 Å². The quantitative estimate of drug-likeness (QED) is 0.664. The first-order valence-electron chi connectivity index (χ1n) is 9.57. The molecule has 2 rings (SSSR count). The molecule has 0 spiro atoms. The monoisotopic (exact) mass is 361 g/mol. The number of likely N-dealkylation sites (tertiary alicyclic amines) is 1. The fourth-order valence-electron chi connectivity index (χ4n) is 3.22. The van der Waals surface area contributed by atoms with Crippen LogP contribution in [0.3, 0.4) is 0 Å². The minimum Gasteiger partial charge on any atom is -0.495 e. The minimum absolute atomic E-state index is 0.0584. The molecule has 0 radical (unpaired) electrons. The van der Waals surface area contributed by atoms with Crippen molar-refractivity contribution >= 4 is 17.5 Å². The van der Waals surface area contributed by atoms with Gasteiger partial charge in [-0.1, -0.05) is 31.9 Å². The summed E-state index contributed by atoms with van der Waals surface area (Å²) in [6, 6.07) is 7.38. The number of anilines is 1. The summed E-state index contributed by atoms with van der Waals surface area (Å²) in [4.78, 5) is 26.6. The van der Waals surface area contributed by atoms with E-state index in [0.717, 1.165) is 51.7 Å². The van der Waals surface area contributed by atoms with Gasteiger partial charge in [-0.3, -0.25) is 14.5 Å². The van der Waals surface area contributed by atoms with Crippen LogP contribution in [0.1, 0.15) is 39.0 Å². The predicted molar refractivity (Wildman–Crippen MR) is 103 cm³/mol. The predicted octanol–water partition coefficient (Wildman–Crippen LogP) is 2.65. The van der Waals surface area contributed by atoms with Gasteiger partial charge in [0, 0.05) is 12.5 Å². The highest BCUT2D eigenvalue weighted by Gasteiger charge is 2.25. The molecule has 1 heterocycles. The Morgan fingerprint density at radius 3 is 2.62 bits per heavy atom. The number of carbonyl (C=O) groups excluding carboxylic acids is 2. The molecule has 0 bridgehead atoms. The standard InChI is InChI=1S/C20H31N3O3/c1-3-4-7-12-21-20(25)16-10-13-23(14-11-16)15-19(24)22-17-8-5-6-9-18(17)26-2/h5-6,8-9,16H,3-4,7,10-15H2,1-2H3,(H,21,25)(H,22,24). The van der Waals surface area contributed by atoms with Gasteiger partial charge in [-0.15, -0.1) is 0 Å². The number of rotatable bonds is 9. The van der Waals surface area contributed by atoms with E-state index in [4.69, 9.17) is 4.74 Å². The van der Waals surface area contributed by atoms with Crippen LogP contribution >= 0.6 is 0 Å². The molecule has 1 aliphatic heterocycles. The maximum atomic E-state index is 12.3. The SMILES string of the molecule is CCCCCNC(=O)C1CCN(CC(=O)Nc2ccccc2OC)CC1. The number of methoxy groups -OCH3 is 1. The van der Waals surface area contributed by atoms with Gasteiger partial charge in [-0.25, -0.2) is 0 Å². The second-order valence-corrected chi connectivity index (χ2v) is 6.80. The molecule has 0 aliphatic carbocycles. The number of piperidine rings is 1. The number of hydrogen-bond donors (Lipinski definition) is 2. The summed E-state index contributed by atoms with van der Waals surface area (Å²) >= 11 is 0. The van der Waals surface area contributed by atoms with Gasteiger partial charge in [0.1, 0.15) is 5.75 Å². The third-order valence-corrected chi connectivity index (χ3v) is 4.79. The van der Waals surface area contributed by atoms with E-state index in [0.29, 0.717) is 18.0 Å². The Labute approximate surface area is 156 Å². The molecule has 0 aromatic heterocycles. The lowest BCUT2D eigenvalue weighted by Gasteiger charge is -2.30. The van der Waals surface area contributed by atoms with Crippen molar-refractivity contribution in [2.45, 2.75) is 39.0 Å². The molecule has 0 unspecified atom stereocenters. The van der Waals surface area contributed by atoms with Crippen molar-refractivity contribution in [3.05, 3.63) is 24.3 Å². The van der Waals surface area contributed by atoms with Crippen molar-refractivity contribution in [3.8, 4) is 5.75 Å². The summed E-state index contributed by atoms with van der Waals surface area (Å²) in [6.45, 7) is 4.80. The fraction of sp³-hybridized carbons (Fsp3) is 0.600. The van der Waals surface area contributed by atoms with Gasteiger partial charge < -0.3 is 15.4 Å². The second-order valence-electron chi connectivity index (χ2n) is 6.80. The van der Waals surface area contributed by atoms with Gasteiger partial charge in [0.15, 0.2) is 0 Å². The molecule has 6 heteroatoms. The van der Waals surface area contributed by atoms with E-state index in [9.17, 15) is 9.59 Å². The molecule has 1 fully saturated rings. The zero-order valence-electron chi connectivity index (χ0n) is 15.9. The van der Waals surface area contributed by atoms with Crippen LogP contribution in [0.5, 0.6) is 5.75 Å². The van der Waals surface area contributed by atoms with Gasteiger partial charge in [0.05, 0.1) is 19.3 Å². The Balaban J connectivity index is 1.71. The van der Waals surface area contributed by atoms with Crippen LogP contribution in [0.4, 0.5) is 5.69 Å². The normalized spacial score (nSPS) is 15.5. The third-order valence-electron chi connectivity index (χ3n) is 4.79. The average Bonchev–Trinajstić information content (AvgIpc) is 2.66. The van der Waals surface area contributed by atoms with Crippen LogP contribution in [0, 0.1) is 5.92 Å². The number of unbranched alkanes of at least 4 members (excludes halogenated alkanes) is 2. The maximum Gasteiger partial charge on any atom is 0.238 e. The van der Waals surface area contributed by atoms with Crippen molar-refractivity contribution in [2.24, 2.45) is 5.92 Å². The molecule has 144 valence electrons. The molecule has 2 amide bonds. The number of nitrogens with zero attached hydrogens (tertiary/aromatic N) is 1. The van der Waals surface area contributed by atoms with Crippen LogP contribution in [0.2, 0.25) is 0 Å². The number of hydrogen-bond acceptors (Lipinski definition) is 4. The Hall–Kier alpha value is -2.08. The Kier molecular flexibility index (Phi) is 8.41. The number of carbonyl (C=O) groups is 2. The number of amides is 2. The maximum absolute atomic E-state index is 12.3. The molecule has 1 aromatic rings. The molecular weight excluding hydrogens is 330 g/mol. The molecule has 1 aromatic carbocycles. The summed E-state index contributed by atoms with van der Waals surface area (Å²) in [5.41, 5.74) is 0.682. The molecule has 0 atom stereocenters. The van der Waals surface area contributed by atoms with Crippen LogP contribution in [0.25, 0.3) is 0 Å². The van der Waals surface area contributed by atoms with E-state index in [2.05, 4.69) is 22.5 Å². The highest BCUT2D eigenvalue weighted by Crippen LogP contribution is 2.23. The number of para-hydroxylation sites is 2. The summed E-state index contributed by atoms with van der Waals surface area (Å²) in [5, 5.41) is 5.94. The van der Waals surface area contributed by atoms with Crippen molar-refractivity contribution in [1.82, 2.24) is 10.2 Å². The first kappa shape index (κ1) is 20.2. The number of nitrogens with one attached hydrogen (secondary N) is 2. The van der Waals surface area contributed by atoms with E-state index in [1.54, 1.807) is 7.11 Å². The van der Waals surface area contributed by atoms with Crippen LogP contribution < -0.4 is 15.4 Å². The first-order valence-corrected chi connectivity index (χ1v) is 9.57. The Morgan fingerprint density at radius 1 is 1.19 bits per heavy atom. The lowest BCUT2D eigenvalue weighted by atomic mass is 9.96.